The molecule has 128 valence electrons. The van der Waals surface area contributed by atoms with Crippen molar-refractivity contribution in [3.05, 3.63) is 0 Å². The summed E-state index contributed by atoms with van der Waals surface area (Å²) in [4.78, 5) is 31.1. The highest BCUT2D eigenvalue weighted by Gasteiger charge is 2.44. The zero-order chi connectivity index (χ0) is 15.8. The molecule has 0 aromatic carbocycles. The number of morpholine rings is 1. The number of hydrogen-bond donors (Lipinski definition) is 0. The molecular formula is C17H27N3O3. The van der Waals surface area contributed by atoms with Crippen LogP contribution in [0.2, 0.25) is 0 Å². The molecule has 0 N–H and O–H groups in total. The molecular weight excluding hydrogens is 294 g/mol. The summed E-state index contributed by atoms with van der Waals surface area (Å²) >= 11 is 0. The molecule has 6 nitrogen and oxygen atoms in total. The number of rotatable bonds is 2. The first-order chi connectivity index (χ1) is 11.2. The summed E-state index contributed by atoms with van der Waals surface area (Å²) in [6, 6.07) is 0.425. The van der Waals surface area contributed by atoms with Crippen molar-refractivity contribution in [2.24, 2.45) is 11.8 Å². The van der Waals surface area contributed by atoms with Crippen LogP contribution in [0.3, 0.4) is 0 Å². The first-order valence-corrected chi connectivity index (χ1v) is 9.08. The van der Waals surface area contributed by atoms with Gasteiger partial charge in [-0.3, -0.25) is 14.5 Å². The van der Waals surface area contributed by atoms with Crippen molar-refractivity contribution >= 4 is 11.8 Å². The minimum absolute atomic E-state index is 0.241. The number of ether oxygens (including phenoxy) is 1. The van der Waals surface area contributed by atoms with Gasteiger partial charge >= 0.3 is 0 Å². The fourth-order valence-electron chi connectivity index (χ4n) is 4.95. The van der Waals surface area contributed by atoms with Crippen molar-refractivity contribution in [2.75, 3.05) is 52.5 Å². The Morgan fingerprint density at radius 3 is 2.83 bits per heavy atom. The smallest absolute Gasteiger partial charge is 0.236 e. The second-order valence-electron chi connectivity index (χ2n) is 7.55. The van der Waals surface area contributed by atoms with Crippen molar-refractivity contribution in [3.8, 4) is 0 Å². The van der Waals surface area contributed by atoms with Crippen molar-refractivity contribution in [3.63, 3.8) is 0 Å². The molecule has 4 aliphatic heterocycles. The number of amides is 2. The molecule has 23 heavy (non-hydrogen) atoms. The monoisotopic (exact) mass is 321 g/mol. The molecule has 4 saturated heterocycles. The van der Waals surface area contributed by atoms with Crippen LogP contribution in [0.4, 0.5) is 0 Å². The summed E-state index contributed by atoms with van der Waals surface area (Å²) in [5.41, 5.74) is 0. The van der Waals surface area contributed by atoms with Gasteiger partial charge < -0.3 is 14.5 Å². The second-order valence-corrected chi connectivity index (χ2v) is 7.55. The van der Waals surface area contributed by atoms with Crippen LogP contribution < -0.4 is 0 Å². The van der Waals surface area contributed by atoms with Crippen LogP contribution >= 0.6 is 0 Å². The Bertz CT molecular complexity index is 478. The van der Waals surface area contributed by atoms with Crippen LogP contribution in [0, 0.1) is 11.8 Å². The van der Waals surface area contributed by atoms with Gasteiger partial charge in [0.15, 0.2) is 0 Å². The lowest BCUT2D eigenvalue weighted by Gasteiger charge is -2.52. The van der Waals surface area contributed by atoms with Gasteiger partial charge in [-0.25, -0.2) is 0 Å². The number of hydrogen-bond acceptors (Lipinski definition) is 4. The Labute approximate surface area is 137 Å². The van der Waals surface area contributed by atoms with Gasteiger partial charge in [-0.15, -0.1) is 0 Å². The second kappa shape index (κ2) is 6.40. The average molecular weight is 321 g/mol. The van der Waals surface area contributed by atoms with Crippen LogP contribution in [0.5, 0.6) is 0 Å². The van der Waals surface area contributed by atoms with Gasteiger partial charge in [-0.1, -0.05) is 0 Å². The minimum Gasteiger partial charge on any atom is -0.378 e. The molecule has 3 atom stereocenters. The molecule has 4 rings (SSSR count). The highest BCUT2D eigenvalue weighted by molar-refractivity contribution is 5.78. The molecule has 4 fully saturated rings. The lowest BCUT2D eigenvalue weighted by Crippen LogP contribution is -2.61. The van der Waals surface area contributed by atoms with Crippen LogP contribution in [0.15, 0.2) is 0 Å². The summed E-state index contributed by atoms with van der Waals surface area (Å²) in [7, 11) is 0. The highest BCUT2D eigenvalue weighted by Crippen LogP contribution is 2.37. The molecule has 6 heteroatoms. The van der Waals surface area contributed by atoms with E-state index >= 15 is 0 Å². The number of nitrogens with zero attached hydrogens (tertiary/aromatic N) is 3. The van der Waals surface area contributed by atoms with E-state index in [4.69, 9.17) is 4.74 Å². The maximum absolute atomic E-state index is 12.5. The first-order valence-electron chi connectivity index (χ1n) is 9.08. The summed E-state index contributed by atoms with van der Waals surface area (Å²) in [5.74, 6) is 1.70. The Kier molecular flexibility index (Phi) is 4.28. The zero-order valence-electron chi connectivity index (χ0n) is 13.8. The number of carbonyl (C=O) groups excluding carboxylic acids is 2. The standard InChI is InChI=1S/C17H27N3O3/c21-16-3-1-2-15-14-8-13(10-20(15)16)9-18(11-14)12-17(22)19-4-6-23-7-5-19/h13-15H,1-12H2/t13-,14-,15-/m1/s1. The Morgan fingerprint density at radius 2 is 2.00 bits per heavy atom. The van der Waals surface area contributed by atoms with Gasteiger partial charge in [0.05, 0.1) is 19.8 Å². The molecule has 0 saturated carbocycles. The van der Waals surface area contributed by atoms with Crippen LogP contribution in [0.1, 0.15) is 25.7 Å². The van der Waals surface area contributed by atoms with E-state index in [9.17, 15) is 9.59 Å². The lowest BCUT2D eigenvalue weighted by atomic mass is 9.76. The summed E-state index contributed by atoms with van der Waals surface area (Å²) in [6.07, 6.45) is 4.15. The van der Waals surface area contributed by atoms with E-state index in [0.29, 0.717) is 43.5 Å². The van der Waals surface area contributed by atoms with E-state index < -0.39 is 0 Å². The van der Waals surface area contributed by atoms with Crippen LogP contribution in [-0.2, 0) is 14.3 Å². The lowest BCUT2D eigenvalue weighted by molar-refractivity contribution is -0.147. The average Bonchev–Trinajstić information content (AvgIpc) is 2.57. The van der Waals surface area contributed by atoms with E-state index in [1.165, 1.54) is 6.42 Å². The van der Waals surface area contributed by atoms with Gasteiger partial charge in [0.1, 0.15) is 0 Å². The minimum atomic E-state index is 0.241. The normalized spacial score (nSPS) is 35.1. The van der Waals surface area contributed by atoms with E-state index in [-0.39, 0.29) is 5.91 Å². The van der Waals surface area contributed by atoms with Gasteiger partial charge in [0.2, 0.25) is 11.8 Å². The third kappa shape index (κ3) is 3.11. The Balaban J connectivity index is 1.37. The van der Waals surface area contributed by atoms with Crippen molar-refractivity contribution < 1.29 is 14.3 Å². The largest absolute Gasteiger partial charge is 0.378 e. The SMILES string of the molecule is O=C(CN1C[C@H]2C[C@H](C1)[C@H]1CCCC(=O)N1C2)N1CCOCC1. The molecule has 0 radical (unpaired) electrons. The molecule has 2 amide bonds. The molecule has 0 unspecified atom stereocenters. The van der Waals surface area contributed by atoms with Crippen LogP contribution in [-0.4, -0.2) is 85.0 Å². The Morgan fingerprint density at radius 1 is 1.17 bits per heavy atom. The molecule has 0 aromatic heterocycles. The Hall–Kier alpha value is -1.14. The summed E-state index contributed by atoms with van der Waals surface area (Å²) in [6.45, 7) is 6.15. The molecule has 2 bridgehead atoms. The third-order valence-corrected chi connectivity index (χ3v) is 5.98. The van der Waals surface area contributed by atoms with E-state index in [1.807, 2.05) is 4.90 Å². The fourth-order valence-corrected chi connectivity index (χ4v) is 4.95. The molecule has 4 heterocycles. The third-order valence-electron chi connectivity index (χ3n) is 5.98. The highest BCUT2D eigenvalue weighted by atomic mass is 16.5. The van der Waals surface area contributed by atoms with E-state index in [1.54, 1.807) is 0 Å². The van der Waals surface area contributed by atoms with Gasteiger partial charge in [-0.05, 0) is 31.1 Å². The molecule has 0 aliphatic carbocycles. The van der Waals surface area contributed by atoms with E-state index in [2.05, 4.69) is 9.80 Å². The van der Waals surface area contributed by atoms with Crippen LogP contribution in [0.25, 0.3) is 0 Å². The maximum atomic E-state index is 12.5. The molecule has 0 spiro atoms. The fraction of sp³-hybridized carbons (Fsp3) is 0.882. The predicted octanol–water partition coefficient (Wildman–Crippen LogP) is 0.178. The number of fused-ring (bicyclic) bond motifs is 4. The van der Waals surface area contributed by atoms with Gasteiger partial charge in [-0.2, -0.15) is 0 Å². The number of likely N-dealkylation sites (tertiary alicyclic amines) is 1. The zero-order valence-corrected chi connectivity index (χ0v) is 13.8. The van der Waals surface area contributed by atoms with E-state index in [0.717, 1.165) is 52.0 Å². The molecule has 0 aromatic rings. The van der Waals surface area contributed by atoms with Crippen molar-refractivity contribution in [1.29, 1.82) is 0 Å². The molecule has 4 aliphatic rings. The van der Waals surface area contributed by atoms with Crippen molar-refractivity contribution in [1.82, 2.24) is 14.7 Å². The number of carbonyl (C=O) groups is 2. The number of piperidine rings is 3. The quantitative estimate of drug-likeness (QED) is 0.728. The van der Waals surface area contributed by atoms with Gasteiger partial charge in [0.25, 0.3) is 0 Å². The predicted molar refractivity (Wildman–Crippen MR) is 84.8 cm³/mol. The summed E-state index contributed by atoms with van der Waals surface area (Å²) in [5, 5.41) is 0. The maximum Gasteiger partial charge on any atom is 0.236 e. The summed E-state index contributed by atoms with van der Waals surface area (Å²) < 4.78 is 5.32. The van der Waals surface area contributed by atoms with Crippen molar-refractivity contribution in [2.45, 2.75) is 31.7 Å². The van der Waals surface area contributed by atoms with Gasteiger partial charge in [0, 0.05) is 45.2 Å². The first kappa shape index (κ1) is 15.4. The topological polar surface area (TPSA) is 53.1 Å².